The van der Waals surface area contributed by atoms with Gasteiger partial charge in [-0.25, -0.2) is 0 Å². The summed E-state index contributed by atoms with van der Waals surface area (Å²) in [6.45, 7) is 11.4. The maximum atomic E-state index is 12.4. The van der Waals surface area contributed by atoms with Crippen LogP contribution >= 0.6 is 0 Å². The average molecular weight is 384 g/mol. The van der Waals surface area contributed by atoms with Gasteiger partial charge >= 0.3 is 24.4 Å². The molecule has 3 aliphatic heterocycles. The quantitative estimate of drug-likeness (QED) is 0.265. The van der Waals surface area contributed by atoms with E-state index in [9.17, 15) is 9.59 Å². The molecule has 1 aliphatic carbocycles. The summed E-state index contributed by atoms with van der Waals surface area (Å²) >= 11 is 0. The van der Waals surface area contributed by atoms with Crippen molar-refractivity contribution < 1.29 is 9.59 Å². The number of hydrogen-bond acceptors (Lipinski definition) is 5. The van der Waals surface area contributed by atoms with Gasteiger partial charge in [-0.15, -0.1) is 13.2 Å². The molecular formula is C14H20N3O2Sb. The standard InChI is InChI=1S/C12H13N3O2.C2H4.Sb.3H/c16-9-7-8(13-1-2-13)12(17)11(15-5-6-15)10(9)14-3-4-14;1-2;;;;/h7H,1-6H2;1-2H2;;;;. The summed E-state index contributed by atoms with van der Waals surface area (Å²) in [4.78, 5) is 30.5. The predicted octanol–water partition coefficient (Wildman–Crippen LogP) is -1.20. The van der Waals surface area contributed by atoms with E-state index in [0.29, 0.717) is 17.1 Å². The molecule has 0 aromatic carbocycles. The third-order valence-corrected chi connectivity index (χ3v) is 3.49. The second-order valence-electron chi connectivity index (χ2n) is 4.88. The van der Waals surface area contributed by atoms with Crippen molar-refractivity contribution in [2.45, 2.75) is 0 Å². The van der Waals surface area contributed by atoms with Gasteiger partial charge in [0.25, 0.3) is 0 Å². The van der Waals surface area contributed by atoms with E-state index in [1.807, 2.05) is 14.7 Å². The SMILES string of the molecule is C=C.O=C1C=C(N2CC2)C(=O)C(N2CC2)=C1N1CC1.[SbH3]. The fourth-order valence-electron chi connectivity index (χ4n) is 2.28. The zero-order chi connectivity index (χ0) is 13.6. The van der Waals surface area contributed by atoms with E-state index in [1.165, 1.54) is 6.08 Å². The topological polar surface area (TPSA) is 43.2 Å². The number of rotatable bonds is 3. The Bertz CT molecular complexity index is 515. The van der Waals surface area contributed by atoms with Crippen molar-refractivity contribution in [3.8, 4) is 0 Å². The van der Waals surface area contributed by atoms with Crippen molar-refractivity contribution in [2.75, 3.05) is 39.3 Å². The van der Waals surface area contributed by atoms with Gasteiger partial charge in [-0.3, -0.25) is 9.59 Å². The second-order valence-corrected chi connectivity index (χ2v) is 4.88. The monoisotopic (exact) mass is 383 g/mol. The summed E-state index contributed by atoms with van der Waals surface area (Å²) in [7, 11) is 0. The molecule has 4 aliphatic rings. The van der Waals surface area contributed by atoms with Gasteiger partial charge < -0.3 is 14.7 Å². The van der Waals surface area contributed by atoms with Gasteiger partial charge in [-0.05, 0) is 0 Å². The Morgan fingerprint density at radius 1 is 0.800 bits per heavy atom. The molecule has 0 N–H and O–H groups in total. The molecule has 6 heteroatoms. The Kier molecular flexibility index (Phi) is 4.28. The van der Waals surface area contributed by atoms with Gasteiger partial charge in [-0.1, -0.05) is 0 Å². The van der Waals surface area contributed by atoms with E-state index in [1.54, 1.807) is 0 Å². The molecule has 3 fully saturated rings. The van der Waals surface area contributed by atoms with Gasteiger partial charge in [0.05, 0.1) is 5.70 Å². The average Bonchev–Trinajstić information content (AvgIpc) is 3.30. The van der Waals surface area contributed by atoms with Crippen molar-refractivity contribution in [3.63, 3.8) is 0 Å². The van der Waals surface area contributed by atoms with Crippen LogP contribution in [-0.2, 0) is 9.59 Å². The Labute approximate surface area is 136 Å². The molecule has 0 amide bonds. The number of ketones is 2. The van der Waals surface area contributed by atoms with Crippen molar-refractivity contribution in [1.82, 2.24) is 14.7 Å². The maximum absolute atomic E-state index is 12.4. The number of hydrogen-bond donors (Lipinski definition) is 0. The van der Waals surface area contributed by atoms with Crippen LogP contribution in [0.25, 0.3) is 0 Å². The first kappa shape index (κ1) is 15.2. The van der Waals surface area contributed by atoms with E-state index in [4.69, 9.17) is 0 Å². The zero-order valence-electron chi connectivity index (χ0n) is 11.6. The fourth-order valence-corrected chi connectivity index (χ4v) is 2.28. The molecule has 4 rings (SSSR count). The number of allylic oxidation sites excluding steroid dienone is 1. The minimum absolute atomic E-state index is 0. The van der Waals surface area contributed by atoms with E-state index in [0.717, 1.165) is 39.3 Å². The molecule has 0 saturated carbocycles. The summed E-state index contributed by atoms with van der Waals surface area (Å²) in [5, 5.41) is 0. The molecule has 0 radical (unpaired) electrons. The van der Waals surface area contributed by atoms with E-state index < -0.39 is 0 Å². The van der Waals surface area contributed by atoms with Crippen LogP contribution in [0.5, 0.6) is 0 Å². The molecule has 0 atom stereocenters. The summed E-state index contributed by atoms with van der Waals surface area (Å²) in [6.07, 6.45) is 1.52. The molecule has 3 saturated heterocycles. The van der Waals surface area contributed by atoms with Crippen LogP contribution in [0.4, 0.5) is 0 Å². The van der Waals surface area contributed by atoms with E-state index in [-0.39, 0.29) is 36.0 Å². The fraction of sp³-hybridized carbons (Fsp3) is 0.429. The summed E-state index contributed by atoms with van der Waals surface area (Å²) in [5.41, 5.74) is 1.89. The molecule has 3 heterocycles. The van der Waals surface area contributed by atoms with Gasteiger partial charge in [0.2, 0.25) is 11.6 Å². The number of carbonyl (C=O) groups excluding carboxylic acids is 2. The van der Waals surface area contributed by atoms with Crippen LogP contribution in [0.2, 0.25) is 0 Å². The zero-order valence-corrected chi connectivity index (χ0v) is 15.6. The Balaban J connectivity index is 0.000000471. The van der Waals surface area contributed by atoms with Crippen LogP contribution in [0.15, 0.2) is 36.3 Å². The summed E-state index contributed by atoms with van der Waals surface area (Å²) in [6, 6.07) is 0. The van der Waals surface area contributed by atoms with Gasteiger partial charge in [-0.2, -0.15) is 0 Å². The molecule has 0 bridgehead atoms. The van der Waals surface area contributed by atoms with Gasteiger partial charge in [0, 0.05) is 45.3 Å². The van der Waals surface area contributed by atoms with Crippen molar-refractivity contribution in [3.05, 3.63) is 36.3 Å². The van der Waals surface area contributed by atoms with Gasteiger partial charge in [0.1, 0.15) is 11.4 Å². The first-order chi connectivity index (χ1) is 9.25. The van der Waals surface area contributed by atoms with Crippen molar-refractivity contribution in [2.24, 2.45) is 0 Å². The third-order valence-electron chi connectivity index (χ3n) is 3.49. The molecule has 0 aromatic heterocycles. The predicted molar refractivity (Wildman–Crippen MR) is 81.0 cm³/mol. The Morgan fingerprint density at radius 3 is 1.70 bits per heavy atom. The molecule has 0 aromatic rings. The molecule has 5 nitrogen and oxygen atoms in total. The minimum atomic E-state index is 0. The van der Waals surface area contributed by atoms with Crippen LogP contribution < -0.4 is 0 Å². The molecule has 0 spiro atoms. The third kappa shape index (κ3) is 2.64. The Morgan fingerprint density at radius 2 is 1.25 bits per heavy atom. The van der Waals surface area contributed by atoms with Crippen LogP contribution in [0.3, 0.4) is 0 Å². The number of nitrogens with zero attached hydrogens (tertiary/aromatic N) is 3. The summed E-state index contributed by atoms with van der Waals surface area (Å²) in [5.74, 6) is 0.0485. The summed E-state index contributed by atoms with van der Waals surface area (Å²) < 4.78 is 0. The first-order valence-electron chi connectivity index (χ1n) is 6.55. The Hall–Kier alpha value is -1.22. The number of carbonyl (C=O) groups is 2. The van der Waals surface area contributed by atoms with Crippen LogP contribution in [0, 0.1) is 0 Å². The molecular weight excluding hydrogens is 364 g/mol. The van der Waals surface area contributed by atoms with E-state index in [2.05, 4.69) is 13.2 Å². The second kappa shape index (κ2) is 5.64. The van der Waals surface area contributed by atoms with Crippen LogP contribution in [-0.4, -0.2) is 90.0 Å². The van der Waals surface area contributed by atoms with Gasteiger partial charge in [0.15, 0.2) is 0 Å². The van der Waals surface area contributed by atoms with Crippen molar-refractivity contribution in [1.29, 1.82) is 0 Å². The van der Waals surface area contributed by atoms with E-state index >= 15 is 0 Å². The molecule has 108 valence electrons. The van der Waals surface area contributed by atoms with Crippen molar-refractivity contribution >= 4 is 36.0 Å². The van der Waals surface area contributed by atoms with Crippen LogP contribution in [0.1, 0.15) is 0 Å². The molecule has 0 unspecified atom stereocenters. The first-order valence-corrected chi connectivity index (χ1v) is 6.55. The number of Topliss-reactive ketones (excluding diaryl/α,β-unsaturated/α-hetero) is 1. The molecule has 20 heavy (non-hydrogen) atoms. The normalized spacial score (nSPS) is 22.8.